The van der Waals surface area contributed by atoms with Gasteiger partial charge < -0.3 is 5.32 Å². The molecule has 0 saturated carbocycles. The van der Waals surface area contributed by atoms with Gasteiger partial charge in [0.15, 0.2) is 9.84 Å². The van der Waals surface area contributed by atoms with E-state index in [-0.39, 0.29) is 40.7 Å². The van der Waals surface area contributed by atoms with Gasteiger partial charge in [-0.2, -0.15) is 4.31 Å². The van der Waals surface area contributed by atoms with Crippen LogP contribution in [0.4, 0.5) is 0 Å². The molecule has 1 aliphatic rings. The molecule has 2 rings (SSSR count). The normalized spacial score (nSPS) is 18.4. The molecule has 1 unspecified atom stereocenters. The van der Waals surface area contributed by atoms with Crippen molar-refractivity contribution in [2.24, 2.45) is 11.8 Å². The van der Waals surface area contributed by atoms with Crippen molar-refractivity contribution in [3.05, 3.63) is 24.3 Å². The molecule has 152 valence electrons. The zero-order chi connectivity index (χ0) is 20.4. The topological polar surface area (TPSA) is 101 Å². The van der Waals surface area contributed by atoms with Gasteiger partial charge in [-0.25, -0.2) is 16.8 Å². The van der Waals surface area contributed by atoms with E-state index in [1.807, 2.05) is 20.8 Å². The third-order valence-corrected chi connectivity index (χ3v) is 8.13. The fourth-order valence-corrected chi connectivity index (χ4v) is 4.98. The number of sulfone groups is 1. The van der Waals surface area contributed by atoms with Crippen molar-refractivity contribution in [1.82, 2.24) is 9.62 Å². The minimum atomic E-state index is -3.70. The number of rotatable bonds is 6. The van der Waals surface area contributed by atoms with Crippen LogP contribution in [0.25, 0.3) is 0 Å². The van der Waals surface area contributed by atoms with E-state index in [1.54, 1.807) is 0 Å². The summed E-state index contributed by atoms with van der Waals surface area (Å²) in [6.45, 7) is 6.57. The summed E-state index contributed by atoms with van der Waals surface area (Å²) in [6.07, 6.45) is 2.01. The van der Waals surface area contributed by atoms with Crippen LogP contribution in [0, 0.1) is 11.8 Å². The first-order chi connectivity index (χ1) is 12.4. The van der Waals surface area contributed by atoms with Crippen LogP contribution >= 0.6 is 0 Å². The van der Waals surface area contributed by atoms with Crippen LogP contribution in [0.1, 0.15) is 33.6 Å². The molecular weight excluding hydrogens is 388 g/mol. The van der Waals surface area contributed by atoms with Gasteiger partial charge in [-0.3, -0.25) is 4.79 Å². The fraction of sp³-hybridized carbons (Fsp3) is 0.611. The summed E-state index contributed by atoms with van der Waals surface area (Å²) in [4.78, 5) is 12.5. The van der Waals surface area contributed by atoms with Crippen LogP contribution in [0.5, 0.6) is 0 Å². The number of carbonyl (C=O) groups excluding carboxylic acids is 1. The Hall–Kier alpha value is -1.45. The Labute approximate surface area is 162 Å². The van der Waals surface area contributed by atoms with E-state index >= 15 is 0 Å². The van der Waals surface area contributed by atoms with E-state index in [4.69, 9.17) is 0 Å². The molecule has 0 spiro atoms. The van der Waals surface area contributed by atoms with Crippen molar-refractivity contribution in [3.8, 4) is 0 Å². The quantitative estimate of drug-likeness (QED) is 0.760. The standard InChI is InChI=1S/C18H28N2O5S2/c1-13(2)14(3)19-18(21)15-9-11-20(12-10-15)27(24,25)17-7-5-16(6-8-17)26(4,22)23/h5-8,13-15H,9-12H2,1-4H3,(H,19,21). The minimum Gasteiger partial charge on any atom is -0.353 e. The fourth-order valence-electron chi connectivity index (χ4n) is 2.88. The average Bonchev–Trinajstić information content (AvgIpc) is 2.61. The Morgan fingerprint density at radius 3 is 1.93 bits per heavy atom. The number of benzene rings is 1. The Bertz CT molecular complexity index is 869. The highest BCUT2D eigenvalue weighted by atomic mass is 32.2. The number of sulfonamides is 1. The van der Waals surface area contributed by atoms with E-state index in [0.717, 1.165) is 6.26 Å². The van der Waals surface area contributed by atoms with E-state index < -0.39 is 19.9 Å². The number of nitrogens with one attached hydrogen (secondary N) is 1. The van der Waals surface area contributed by atoms with Crippen molar-refractivity contribution in [2.45, 2.75) is 49.4 Å². The maximum absolute atomic E-state index is 12.8. The highest BCUT2D eigenvalue weighted by Crippen LogP contribution is 2.25. The lowest BCUT2D eigenvalue weighted by Crippen LogP contribution is -2.45. The summed E-state index contributed by atoms with van der Waals surface area (Å²) in [6, 6.07) is 5.31. The smallest absolute Gasteiger partial charge is 0.243 e. The van der Waals surface area contributed by atoms with Crippen molar-refractivity contribution in [2.75, 3.05) is 19.3 Å². The van der Waals surface area contributed by atoms with Gasteiger partial charge in [0.1, 0.15) is 0 Å². The van der Waals surface area contributed by atoms with Gasteiger partial charge in [-0.15, -0.1) is 0 Å². The van der Waals surface area contributed by atoms with Gasteiger partial charge in [0.25, 0.3) is 0 Å². The third kappa shape index (κ3) is 5.30. The molecule has 1 saturated heterocycles. The van der Waals surface area contributed by atoms with Crippen molar-refractivity contribution < 1.29 is 21.6 Å². The van der Waals surface area contributed by atoms with Crippen molar-refractivity contribution in [1.29, 1.82) is 0 Å². The van der Waals surface area contributed by atoms with E-state index in [9.17, 15) is 21.6 Å². The van der Waals surface area contributed by atoms with Gasteiger partial charge in [0.05, 0.1) is 9.79 Å². The molecule has 7 nitrogen and oxygen atoms in total. The predicted molar refractivity (Wildman–Crippen MR) is 103 cm³/mol. The largest absolute Gasteiger partial charge is 0.353 e. The van der Waals surface area contributed by atoms with Gasteiger partial charge in [-0.1, -0.05) is 13.8 Å². The van der Waals surface area contributed by atoms with Gasteiger partial charge in [0, 0.05) is 31.3 Å². The van der Waals surface area contributed by atoms with Crippen LogP contribution in [-0.2, 0) is 24.7 Å². The van der Waals surface area contributed by atoms with E-state index in [0.29, 0.717) is 18.8 Å². The molecule has 1 aromatic rings. The summed E-state index contributed by atoms with van der Waals surface area (Å²) in [5.41, 5.74) is 0. The Morgan fingerprint density at radius 2 is 1.48 bits per heavy atom. The first kappa shape index (κ1) is 21.8. The molecule has 0 aromatic heterocycles. The molecule has 1 fully saturated rings. The Morgan fingerprint density at radius 1 is 1.00 bits per heavy atom. The maximum Gasteiger partial charge on any atom is 0.243 e. The number of hydrogen-bond acceptors (Lipinski definition) is 5. The van der Waals surface area contributed by atoms with Crippen LogP contribution in [-0.4, -0.2) is 52.4 Å². The molecule has 1 heterocycles. The lowest BCUT2D eigenvalue weighted by molar-refractivity contribution is -0.127. The molecule has 0 radical (unpaired) electrons. The zero-order valence-electron chi connectivity index (χ0n) is 16.2. The molecule has 0 aliphatic carbocycles. The van der Waals surface area contributed by atoms with Gasteiger partial charge >= 0.3 is 0 Å². The molecule has 9 heteroatoms. The van der Waals surface area contributed by atoms with Crippen LogP contribution in [0.2, 0.25) is 0 Å². The number of hydrogen-bond donors (Lipinski definition) is 1. The van der Waals surface area contributed by atoms with Crippen LogP contribution < -0.4 is 5.32 Å². The highest BCUT2D eigenvalue weighted by molar-refractivity contribution is 7.90. The second-order valence-electron chi connectivity index (χ2n) is 7.46. The molecule has 1 aliphatic heterocycles. The lowest BCUT2D eigenvalue weighted by atomic mass is 9.96. The second kappa shape index (κ2) is 8.28. The van der Waals surface area contributed by atoms with Crippen LogP contribution in [0.15, 0.2) is 34.1 Å². The molecule has 1 N–H and O–H groups in total. The summed E-state index contributed by atoms with van der Waals surface area (Å²) in [5.74, 6) is 0.125. The first-order valence-electron chi connectivity index (χ1n) is 9.03. The monoisotopic (exact) mass is 416 g/mol. The average molecular weight is 417 g/mol. The molecule has 1 aromatic carbocycles. The molecule has 0 bridgehead atoms. The summed E-state index contributed by atoms with van der Waals surface area (Å²) in [5, 5.41) is 2.99. The number of carbonyl (C=O) groups is 1. The maximum atomic E-state index is 12.8. The molecule has 27 heavy (non-hydrogen) atoms. The third-order valence-electron chi connectivity index (χ3n) is 5.08. The Kier molecular flexibility index (Phi) is 6.70. The predicted octanol–water partition coefficient (Wildman–Crippen LogP) is 1.65. The van der Waals surface area contributed by atoms with E-state index in [2.05, 4.69) is 5.32 Å². The zero-order valence-corrected chi connectivity index (χ0v) is 17.8. The molecule has 1 amide bonds. The SMILES string of the molecule is CC(C)C(C)NC(=O)C1CCN(S(=O)(=O)c2ccc(S(C)(=O)=O)cc2)CC1. The first-order valence-corrected chi connectivity index (χ1v) is 12.4. The lowest BCUT2D eigenvalue weighted by Gasteiger charge is -2.31. The number of nitrogens with zero attached hydrogens (tertiary/aromatic N) is 1. The minimum absolute atomic E-state index is 0.0225. The second-order valence-corrected chi connectivity index (χ2v) is 11.4. The van der Waals surface area contributed by atoms with Gasteiger partial charge in [-0.05, 0) is 49.9 Å². The van der Waals surface area contributed by atoms with E-state index in [1.165, 1.54) is 28.6 Å². The van der Waals surface area contributed by atoms with Crippen molar-refractivity contribution >= 4 is 25.8 Å². The highest BCUT2D eigenvalue weighted by Gasteiger charge is 2.32. The van der Waals surface area contributed by atoms with Gasteiger partial charge in [0.2, 0.25) is 15.9 Å². The summed E-state index contributed by atoms with van der Waals surface area (Å²) >= 11 is 0. The number of amides is 1. The summed E-state index contributed by atoms with van der Waals surface area (Å²) in [7, 11) is -7.08. The molecule has 1 atom stereocenters. The van der Waals surface area contributed by atoms with Crippen LogP contribution in [0.3, 0.4) is 0 Å². The summed E-state index contributed by atoms with van der Waals surface area (Å²) < 4.78 is 49.9. The molecular formula is C18H28N2O5S2. The van der Waals surface area contributed by atoms with Crippen molar-refractivity contribution in [3.63, 3.8) is 0 Å². The number of piperidine rings is 1. The Balaban J connectivity index is 2.03.